The van der Waals surface area contributed by atoms with Gasteiger partial charge in [0.15, 0.2) is 5.76 Å². The number of hydrogen-bond donors (Lipinski definition) is 1. The molecule has 8 nitrogen and oxygen atoms in total. The van der Waals surface area contributed by atoms with Crippen molar-refractivity contribution in [2.24, 2.45) is 0 Å². The summed E-state index contributed by atoms with van der Waals surface area (Å²) in [5, 5.41) is 6.57. The molecule has 0 spiro atoms. The third-order valence-electron chi connectivity index (χ3n) is 5.88. The van der Waals surface area contributed by atoms with Crippen molar-refractivity contribution in [2.75, 3.05) is 36.4 Å². The fourth-order valence-electron chi connectivity index (χ4n) is 3.98. The van der Waals surface area contributed by atoms with E-state index in [2.05, 4.69) is 10.5 Å². The zero-order valence-electron chi connectivity index (χ0n) is 19.8. The van der Waals surface area contributed by atoms with Gasteiger partial charge in [0.2, 0.25) is 15.9 Å². The Balaban J connectivity index is 1.52. The molecule has 0 aliphatic carbocycles. The topological polar surface area (TPSA) is 95.8 Å². The van der Waals surface area contributed by atoms with Crippen molar-refractivity contribution < 1.29 is 22.1 Å². The van der Waals surface area contributed by atoms with Gasteiger partial charge in [-0.3, -0.25) is 4.79 Å². The molecule has 35 heavy (non-hydrogen) atoms. The molecule has 1 aromatic heterocycles. The second-order valence-corrected chi connectivity index (χ2v) is 10.3. The Morgan fingerprint density at radius 3 is 2.40 bits per heavy atom. The van der Waals surface area contributed by atoms with Crippen LogP contribution in [0.3, 0.4) is 0 Å². The monoisotopic (exact) mass is 498 g/mol. The summed E-state index contributed by atoms with van der Waals surface area (Å²) in [5.41, 5.74) is 3.21. The zero-order valence-corrected chi connectivity index (χ0v) is 20.6. The number of nitrogens with one attached hydrogen (secondary N) is 1. The third-order valence-corrected chi connectivity index (χ3v) is 7.92. The number of anilines is 2. The summed E-state index contributed by atoms with van der Waals surface area (Å²) < 4.78 is 46.9. The van der Waals surface area contributed by atoms with Gasteiger partial charge in [-0.15, -0.1) is 0 Å². The molecule has 184 valence electrons. The number of sulfonamides is 1. The molecule has 2 aromatic carbocycles. The molecule has 10 heteroatoms. The fourth-order valence-corrected chi connectivity index (χ4v) is 5.66. The first-order valence-corrected chi connectivity index (χ1v) is 12.6. The molecule has 0 saturated carbocycles. The van der Waals surface area contributed by atoms with E-state index in [0.717, 1.165) is 5.69 Å². The molecule has 0 bridgehead atoms. The molecular formula is C25H27FN4O4S. The van der Waals surface area contributed by atoms with Gasteiger partial charge in [-0.05, 0) is 61.4 Å². The number of amides is 1. The normalized spacial score (nSPS) is 15.0. The van der Waals surface area contributed by atoms with Gasteiger partial charge in [0.1, 0.15) is 17.2 Å². The molecule has 1 saturated heterocycles. The maximum Gasteiger partial charge on any atom is 0.243 e. The largest absolute Gasteiger partial charge is 0.369 e. The number of nitrogens with zero attached hydrogens (tertiary/aromatic N) is 3. The van der Waals surface area contributed by atoms with Crippen molar-refractivity contribution in [2.45, 2.75) is 25.7 Å². The number of piperazine rings is 1. The number of carbonyl (C=O) groups excluding carboxylic acids is 1. The zero-order chi connectivity index (χ0) is 25.2. The lowest BCUT2D eigenvalue weighted by Gasteiger charge is -2.35. The second-order valence-electron chi connectivity index (χ2n) is 8.41. The van der Waals surface area contributed by atoms with Gasteiger partial charge >= 0.3 is 0 Å². The van der Waals surface area contributed by atoms with E-state index >= 15 is 0 Å². The van der Waals surface area contributed by atoms with Crippen molar-refractivity contribution in [3.05, 3.63) is 70.9 Å². The minimum absolute atomic E-state index is 0.241. The second kappa shape index (κ2) is 10.0. The number of hydrogen-bond acceptors (Lipinski definition) is 6. The Kier molecular flexibility index (Phi) is 7.04. The van der Waals surface area contributed by atoms with Gasteiger partial charge in [0, 0.05) is 38.8 Å². The lowest BCUT2D eigenvalue weighted by Crippen LogP contribution is -2.48. The summed E-state index contributed by atoms with van der Waals surface area (Å²) in [6, 6.07) is 11.4. The third kappa shape index (κ3) is 5.44. The summed E-state index contributed by atoms with van der Waals surface area (Å²) in [7, 11) is -3.71. The standard InChI is InChI=1S/C25H27FN4O4S/c1-17-4-5-20(6-11-23-25(27-19(3)31)18(2)28-34-23)16-24(17)35(32,33)30-14-12-29(13-15-30)22-9-7-21(26)8-10-22/h4-11,16H,12-15H2,1-3H3,(H,27,31)/b11-6-. The Morgan fingerprint density at radius 2 is 1.74 bits per heavy atom. The summed E-state index contributed by atoms with van der Waals surface area (Å²) >= 11 is 0. The summed E-state index contributed by atoms with van der Waals surface area (Å²) in [6.45, 7) is 6.58. The Morgan fingerprint density at radius 1 is 1.06 bits per heavy atom. The average Bonchev–Trinajstić information content (AvgIpc) is 3.17. The molecule has 1 N–H and O–H groups in total. The highest BCUT2D eigenvalue weighted by atomic mass is 32.2. The molecule has 1 aliphatic heterocycles. The van der Waals surface area contributed by atoms with Crippen molar-refractivity contribution in [3.63, 3.8) is 0 Å². The Bertz CT molecular complexity index is 1360. The van der Waals surface area contributed by atoms with Crippen molar-refractivity contribution in [1.82, 2.24) is 9.46 Å². The number of aromatic nitrogens is 1. The highest BCUT2D eigenvalue weighted by Crippen LogP contribution is 2.26. The first-order valence-electron chi connectivity index (χ1n) is 11.2. The minimum atomic E-state index is -3.71. The Labute approximate surface area is 204 Å². The van der Waals surface area contributed by atoms with Crippen LogP contribution >= 0.6 is 0 Å². The predicted molar refractivity (Wildman–Crippen MR) is 133 cm³/mol. The lowest BCUT2D eigenvalue weighted by molar-refractivity contribution is -0.114. The number of aryl methyl sites for hydroxylation is 2. The smallest absolute Gasteiger partial charge is 0.243 e. The summed E-state index contributed by atoms with van der Waals surface area (Å²) in [5.74, 6) is -0.169. The van der Waals surface area contributed by atoms with E-state index in [9.17, 15) is 17.6 Å². The molecule has 0 atom stereocenters. The van der Waals surface area contributed by atoms with Crippen LogP contribution in [0.2, 0.25) is 0 Å². The average molecular weight is 499 g/mol. The summed E-state index contributed by atoms with van der Waals surface area (Å²) in [6.07, 6.45) is 3.37. The molecule has 0 radical (unpaired) electrons. The van der Waals surface area contributed by atoms with Crippen LogP contribution in [0.4, 0.5) is 15.8 Å². The fraction of sp³-hybridized carbons (Fsp3) is 0.280. The predicted octanol–water partition coefficient (Wildman–Crippen LogP) is 4.07. The van der Waals surface area contributed by atoms with E-state index in [1.807, 2.05) is 11.0 Å². The molecule has 2 heterocycles. The number of benzene rings is 2. The SMILES string of the molecule is CC(=O)Nc1c(C)noc1/C=C\c1ccc(C)c(S(=O)(=O)N2CCN(c3ccc(F)cc3)CC2)c1. The van der Waals surface area contributed by atoms with Crippen LogP contribution in [0.15, 0.2) is 51.9 Å². The first-order chi connectivity index (χ1) is 16.6. The first kappa shape index (κ1) is 24.6. The van der Waals surface area contributed by atoms with E-state index < -0.39 is 10.0 Å². The van der Waals surface area contributed by atoms with Gasteiger partial charge in [-0.2, -0.15) is 4.31 Å². The Hall–Kier alpha value is -3.50. The molecule has 1 aliphatic rings. The van der Waals surface area contributed by atoms with Crippen molar-refractivity contribution in [3.8, 4) is 0 Å². The van der Waals surface area contributed by atoms with Gasteiger partial charge < -0.3 is 14.7 Å². The quantitative estimate of drug-likeness (QED) is 0.551. The van der Waals surface area contributed by atoms with Crippen LogP contribution in [0, 0.1) is 19.7 Å². The minimum Gasteiger partial charge on any atom is -0.369 e. The molecular weight excluding hydrogens is 471 g/mol. The van der Waals surface area contributed by atoms with E-state index in [-0.39, 0.29) is 16.6 Å². The molecule has 0 unspecified atom stereocenters. The van der Waals surface area contributed by atoms with Gasteiger partial charge in [-0.25, -0.2) is 12.8 Å². The van der Waals surface area contributed by atoms with Crippen molar-refractivity contribution in [1.29, 1.82) is 0 Å². The number of halogens is 1. The van der Waals surface area contributed by atoms with Crippen LogP contribution in [-0.4, -0.2) is 50.0 Å². The van der Waals surface area contributed by atoms with E-state index in [4.69, 9.17) is 4.52 Å². The van der Waals surface area contributed by atoms with Crippen LogP contribution in [0.25, 0.3) is 12.2 Å². The molecule has 3 aromatic rings. The van der Waals surface area contributed by atoms with Crippen LogP contribution in [0.1, 0.15) is 29.5 Å². The van der Waals surface area contributed by atoms with Gasteiger partial charge in [0.25, 0.3) is 0 Å². The van der Waals surface area contributed by atoms with Gasteiger partial charge in [0.05, 0.1) is 4.90 Å². The highest BCUT2D eigenvalue weighted by molar-refractivity contribution is 7.89. The highest BCUT2D eigenvalue weighted by Gasteiger charge is 2.30. The molecule has 1 amide bonds. The lowest BCUT2D eigenvalue weighted by atomic mass is 10.1. The molecule has 4 rings (SSSR count). The van der Waals surface area contributed by atoms with Crippen LogP contribution in [-0.2, 0) is 14.8 Å². The van der Waals surface area contributed by atoms with Crippen LogP contribution < -0.4 is 10.2 Å². The maximum absolute atomic E-state index is 13.5. The maximum atomic E-state index is 13.5. The number of rotatable bonds is 6. The van der Waals surface area contributed by atoms with Crippen molar-refractivity contribution >= 4 is 39.5 Å². The van der Waals surface area contributed by atoms with E-state index in [1.54, 1.807) is 50.3 Å². The van der Waals surface area contributed by atoms with E-state index in [1.165, 1.54) is 23.4 Å². The number of carbonyl (C=O) groups is 1. The molecule has 1 fully saturated rings. The van der Waals surface area contributed by atoms with Gasteiger partial charge in [-0.1, -0.05) is 23.4 Å². The summed E-state index contributed by atoms with van der Waals surface area (Å²) in [4.78, 5) is 13.7. The van der Waals surface area contributed by atoms with Crippen LogP contribution in [0.5, 0.6) is 0 Å². The van der Waals surface area contributed by atoms with E-state index in [0.29, 0.717) is 54.4 Å².